The number of rotatable bonds is 9. The fraction of sp³-hybridized carbons (Fsp3) is 0.108. The van der Waals surface area contributed by atoms with E-state index in [1.807, 2.05) is 91.6 Å². The third-order valence-electron chi connectivity index (χ3n) is 8.25. The Kier molecular flexibility index (Phi) is 7.67. The van der Waals surface area contributed by atoms with Gasteiger partial charge >= 0.3 is 0 Å². The second kappa shape index (κ2) is 12.0. The number of ether oxygens (including phenoxy) is 1. The second-order valence-corrected chi connectivity index (χ2v) is 12.7. The molecule has 3 aromatic heterocycles. The highest BCUT2D eigenvalue weighted by Crippen LogP contribution is 2.45. The minimum atomic E-state index is -3.98. The van der Waals surface area contributed by atoms with Gasteiger partial charge in [0.2, 0.25) is 15.9 Å². The highest BCUT2D eigenvalue weighted by Gasteiger charge is 2.41. The molecule has 7 aromatic rings. The van der Waals surface area contributed by atoms with Gasteiger partial charge in [0.15, 0.2) is 0 Å². The fourth-order valence-electron chi connectivity index (χ4n) is 6.21. The van der Waals surface area contributed by atoms with Gasteiger partial charge in [-0.3, -0.25) is 4.68 Å². The van der Waals surface area contributed by atoms with Gasteiger partial charge in [-0.25, -0.2) is 23.2 Å². The Bertz CT molecular complexity index is 2200. The quantitative estimate of drug-likeness (QED) is 0.183. The lowest BCUT2D eigenvalue weighted by molar-refractivity contribution is 0.329. The number of aromatic nitrogens is 5. The summed E-state index contributed by atoms with van der Waals surface area (Å²) in [6.45, 7) is 2.29. The van der Waals surface area contributed by atoms with Crippen molar-refractivity contribution in [3.63, 3.8) is 0 Å². The number of pyridine rings is 1. The van der Waals surface area contributed by atoms with E-state index >= 15 is 0 Å². The minimum absolute atomic E-state index is 0.0184. The number of aryl methyl sites for hydroxylation is 1. The van der Waals surface area contributed by atoms with Crippen LogP contribution < -0.4 is 9.88 Å². The average molecular weight is 641 g/mol. The van der Waals surface area contributed by atoms with E-state index in [9.17, 15) is 8.42 Å². The minimum Gasteiger partial charge on any atom is -0.478 e. The van der Waals surface area contributed by atoms with Crippen molar-refractivity contribution >= 4 is 21.1 Å². The van der Waals surface area contributed by atoms with Crippen molar-refractivity contribution in [1.29, 1.82) is 0 Å². The number of primary sulfonamides is 1. The SMILES string of the molecule is CCOc1nc2c(-c3cccc(S(N)(=O)=O)c3)nn(C(c3ccccc3)(c3ccccc3)c3ccccc3)c2cc1-c1cnn(C)c1. The molecule has 0 saturated heterocycles. The van der Waals surface area contributed by atoms with Crippen molar-refractivity contribution < 1.29 is 13.2 Å². The summed E-state index contributed by atoms with van der Waals surface area (Å²) in [4.78, 5) is 5.09. The van der Waals surface area contributed by atoms with Crippen LogP contribution in [-0.2, 0) is 22.6 Å². The summed E-state index contributed by atoms with van der Waals surface area (Å²) >= 11 is 0. The van der Waals surface area contributed by atoms with Gasteiger partial charge in [0.05, 0.1) is 23.2 Å². The second-order valence-electron chi connectivity index (χ2n) is 11.2. The number of nitrogens with zero attached hydrogens (tertiary/aromatic N) is 5. The number of hydrogen-bond acceptors (Lipinski definition) is 6. The van der Waals surface area contributed by atoms with Crippen LogP contribution in [0.15, 0.2) is 139 Å². The highest BCUT2D eigenvalue weighted by atomic mass is 32.2. The summed E-state index contributed by atoms with van der Waals surface area (Å²) in [6.07, 6.45) is 3.70. The Morgan fingerprint density at radius 1 is 0.787 bits per heavy atom. The first-order valence-corrected chi connectivity index (χ1v) is 16.7. The molecule has 0 aliphatic carbocycles. The number of fused-ring (bicyclic) bond motifs is 1. The van der Waals surface area contributed by atoms with Crippen molar-refractivity contribution in [1.82, 2.24) is 24.5 Å². The molecule has 0 saturated carbocycles. The van der Waals surface area contributed by atoms with Crippen LogP contribution >= 0.6 is 0 Å². The molecule has 3 heterocycles. The van der Waals surface area contributed by atoms with Crippen LogP contribution in [0.1, 0.15) is 23.6 Å². The molecule has 7 rings (SSSR count). The van der Waals surface area contributed by atoms with Crippen molar-refractivity contribution in [3.8, 4) is 28.3 Å². The first-order chi connectivity index (χ1) is 22.8. The first kappa shape index (κ1) is 30.1. The van der Waals surface area contributed by atoms with Crippen LogP contribution in [0.5, 0.6) is 5.88 Å². The summed E-state index contributed by atoms with van der Waals surface area (Å²) in [5.41, 5.74) is 5.82. The maximum absolute atomic E-state index is 12.5. The number of nitrogens with two attached hydrogens (primary N) is 1. The Labute approximate surface area is 273 Å². The molecule has 10 heteroatoms. The highest BCUT2D eigenvalue weighted by molar-refractivity contribution is 7.89. The van der Waals surface area contributed by atoms with Crippen LogP contribution in [0.3, 0.4) is 0 Å². The normalized spacial score (nSPS) is 12.0. The number of hydrogen-bond donors (Lipinski definition) is 1. The zero-order chi connectivity index (χ0) is 32.6. The van der Waals surface area contributed by atoms with E-state index in [2.05, 4.69) is 41.5 Å². The molecule has 4 aromatic carbocycles. The largest absolute Gasteiger partial charge is 0.478 e. The molecule has 0 fully saturated rings. The van der Waals surface area contributed by atoms with Gasteiger partial charge in [0.1, 0.15) is 16.7 Å². The molecule has 2 N–H and O–H groups in total. The van der Waals surface area contributed by atoms with Gasteiger partial charge in [0.25, 0.3) is 0 Å². The van der Waals surface area contributed by atoms with Gasteiger partial charge in [-0.15, -0.1) is 0 Å². The van der Waals surface area contributed by atoms with Gasteiger partial charge in [-0.1, -0.05) is 103 Å². The van der Waals surface area contributed by atoms with Crippen LogP contribution in [0.2, 0.25) is 0 Å². The zero-order valence-corrected chi connectivity index (χ0v) is 26.7. The van der Waals surface area contributed by atoms with Crippen LogP contribution in [0, 0.1) is 0 Å². The van der Waals surface area contributed by atoms with E-state index in [4.69, 9.17) is 20.0 Å². The third-order valence-corrected chi connectivity index (χ3v) is 9.16. The van der Waals surface area contributed by atoms with Gasteiger partial charge in [-0.2, -0.15) is 10.2 Å². The Morgan fingerprint density at radius 3 is 1.89 bits per heavy atom. The van der Waals surface area contributed by atoms with Gasteiger partial charge < -0.3 is 4.74 Å². The Morgan fingerprint density at radius 2 is 1.38 bits per heavy atom. The van der Waals surface area contributed by atoms with Gasteiger partial charge in [0, 0.05) is 29.9 Å². The zero-order valence-electron chi connectivity index (χ0n) is 25.9. The number of benzene rings is 4. The maximum Gasteiger partial charge on any atom is 0.238 e. The molecular formula is C37H32N6O3S. The lowest BCUT2D eigenvalue weighted by Gasteiger charge is -2.37. The van der Waals surface area contributed by atoms with Crippen molar-refractivity contribution in [2.75, 3.05) is 6.61 Å². The molecule has 0 unspecified atom stereocenters. The lowest BCUT2D eigenvalue weighted by Crippen LogP contribution is -2.38. The van der Waals surface area contributed by atoms with E-state index in [1.54, 1.807) is 16.9 Å². The molecular weight excluding hydrogens is 609 g/mol. The monoisotopic (exact) mass is 640 g/mol. The third kappa shape index (κ3) is 5.27. The number of sulfonamides is 1. The van der Waals surface area contributed by atoms with E-state index in [1.165, 1.54) is 12.1 Å². The van der Waals surface area contributed by atoms with Crippen LogP contribution in [-0.4, -0.2) is 39.6 Å². The topological polar surface area (TPSA) is 118 Å². The molecule has 0 atom stereocenters. The molecule has 0 aliphatic rings. The predicted molar refractivity (Wildman–Crippen MR) is 182 cm³/mol. The molecule has 0 bridgehead atoms. The van der Waals surface area contributed by atoms with E-state index in [0.29, 0.717) is 34.8 Å². The lowest BCUT2D eigenvalue weighted by atomic mass is 9.77. The molecule has 0 radical (unpaired) electrons. The van der Waals surface area contributed by atoms with E-state index in [0.717, 1.165) is 27.8 Å². The standard InChI is InChI=1S/C37H32N6O3S/c1-3-46-36-32(27-24-39-42(2)25-27)23-33-35(40-36)34(26-14-13-21-31(22-26)47(38,44)45)41-43(33)37(28-15-7-4-8-16-28,29-17-9-5-10-18-29)30-19-11-6-12-20-30/h4-25H,3H2,1-2H3,(H2,38,44,45). The summed E-state index contributed by atoms with van der Waals surface area (Å²) in [6, 6.07) is 39.2. The summed E-state index contributed by atoms with van der Waals surface area (Å²) < 4.78 is 34.8. The van der Waals surface area contributed by atoms with E-state index < -0.39 is 15.6 Å². The van der Waals surface area contributed by atoms with E-state index in [-0.39, 0.29) is 4.90 Å². The predicted octanol–water partition coefficient (Wildman–Crippen LogP) is 6.39. The maximum atomic E-state index is 12.5. The smallest absolute Gasteiger partial charge is 0.238 e. The van der Waals surface area contributed by atoms with Gasteiger partial charge in [-0.05, 0) is 41.8 Å². The molecule has 234 valence electrons. The van der Waals surface area contributed by atoms with Crippen molar-refractivity contribution in [2.24, 2.45) is 12.2 Å². The first-order valence-electron chi connectivity index (χ1n) is 15.2. The fourth-order valence-corrected chi connectivity index (χ4v) is 6.77. The average Bonchev–Trinajstić information content (AvgIpc) is 3.70. The molecule has 0 spiro atoms. The van der Waals surface area contributed by atoms with Crippen LogP contribution in [0.4, 0.5) is 0 Å². The molecule has 0 amide bonds. The summed E-state index contributed by atoms with van der Waals surface area (Å²) in [5, 5.41) is 15.4. The van der Waals surface area contributed by atoms with Crippen molar-refractivity contribution in [3.05, 3.63) is 150 Å². The Balaban J connectivity index is 1.68. The molecule has 9 nitrogen and oxygen atoms in total. The summed E-state index contributed by atoms with van der Waals surface area (Å²) in [7, 11) is -2.12. The summed E-state index contributed by atoms with van der Waals surface area (Å²) in [5.74, 6) is 0.418. The van der Waals surface area contributed by atoms with Crippen molar-refractivity contribution in [2.45, 2.75) is 17.4 Å². The molecule has 47 heavy (non-hydrogen) atoms. The molecule has 0 aliphatic heterocycles. The Hall–Kier alpha value is -5.58. The van der Waals surface area contributed by atoms with Crippen LogP contribution in [0.25, 0.3) is 33.4 Å².